The van der Waals surface area contributed by atoms with Crippen molar-refractivity contribution in [2.45, 2.75) is 32.7 Å². The molecule has 0 radical (unpaired) electrons. The van der Waals surface area contributed by atoms with E-state index in [0.29, 0.717) is 35.2 Å². The van der Waals surface area contributed by atoms with E-state index in [4.69, 9.17) is 28.9 Å². The molecule has 3 N–H and O–H groups in total. The molecule has 0 bridgehead atoms. The molecule has 0 saturated carbocycles. The van der Waals surface area contributed by atoms with Gasteiger partial charge < -0.3 is 16.0 Å². The molecule has 1 aliphatic heterocycles. The Labute approximate surface area is 164 Å². The van der Waals surface area contributed by atoms with Crippen LogP contribution in [0.4, 0.5) is 5.69 Å². The summed E-state index contributed by atoms with van der Waals surface area (Å²) in [5, 5.41) is 3.76. The van der Waals surface area contributed by atoms with Crippen LogP contribution in [0.1, 0.15) is 27.2 Å². The molecule has 0 aliphatic carbocycles. The van der Waals surface area contributed by atoms with Gasteiger partial charge in [-0.15, -0.1) is 12.4 Å². The highest BCUT2D eigenvalue weighted by Gasteiger charge is 2.40. The Morgan fingerprint density at radius 2 is 2.04 bits per heavy atom. The zero-order valence-electron chi connectivity index (χ0n) is 14.5. The van der Waals surface area contributed by atoms with Crippen molar-refractivity contribution < 1.29 is 9.59 Å². The first-order valence-electron chi connectivity index (χ1n) is 7.98. The standard InChI is InChI=1S/C17H23Cl2N3O2.ClH/c1-10(2)17(3,9-20)21-15(23)12-6-7-22(16(12)24)11-4-5-13(18)14(19)8-11;/h4-5,8,10,12H,6-7,9,20H2,1-3H3,(H,21,23);1H. The molecule has 5 nitrogen and oxygen atoms in total. The Bertz CT molecular complexity index is 654. The van der Waals surface area contributed by atoms with Crippen LogP contribution in [0.2, 0.25) is 10.0 Å². The molecular weight excluding hydrogens is 385 g/mol. The first kappa shape index (κ1) is 22.0. The van der Waals surface area contributed by atoms with E-state index in [-0.39, 0.29) is 30.1 Å². The van der Waals surface area contributed by atoms with Crippen molar-refractivity contribution in [1.82, 2.24) is 5.32 Å². The van der Waals surface area contributed by atoms with Gasteiger partial charge in [-0.25, -0.2) is 0 Å². The van der Waals surface area contributed by atoms with E-state index in [1.165, 1.54) is 0 Å². The van der Waals surface area contributed by atoms with Crippen LogP contribution in [-0.2, 0) is 9.59 Å². The molecule has 0 spiro atoms. The van der Waals surface area contributed by atoms with Gasteiger partial charge in [-0.05, 0) is 37.5 Å². The van der Waals surface area contributed by atoms with Gasteiger partial charge >= 0.3 is 0 Å². The van der Waals surface area contributed by atoms with E-state index < -0.39 is 11.5 Å². The molecule has 2 atom stereocenters. The molecule has 1 aromatic carbocycles. The molecule has 1 saturated heterocycles. The summed E-state index contributed by atoms with van der Waals surface area (Å²) in [6, 6.07) is 5.01. The number of anilines is 1. The lowest BCUT2D eigenvalue weighted by Crippen LogP contribution is -2.57. The average molecular weight is 409 g/mol. The third kappa shape index (κ3) is 4.59. The van der Waals surface area contributed by atoms with Crippen molar-refractivity contribution in [3.05, 3.63) is 28.2 Å². The molecule has 1 heterocycles. The third-order valence-electron chi connectivity index (χ3n) is 4.84. The number of carbonyl (C=O) groups excluding carboxylic acids is 2. The van der Waals surface area contributed by atoms with Crippen LogP contribution in [0.5, 0.6) is 0 Å². The Kier molecular flexibility index (Phi) is 7.56. The molecule has 140 valence electrons. The summed E-state index contributed by atoms with van der Waals surface area (Å²) in [4.78, 5) is 26.8. The predicted octanol–water partition coefficient (Wildman–Crippen LogP) is 3.26. The number of hydrogen-bond donors (Lipinski definition) is 2. The zero-order chi connectivity index (χ0) is 18.1. The number of amides is 2. The van der Waals surface area contributed by atoms with Crippen LogP contribution in [0, 0.1) is 11.8 Å². The van der Waals surface area contributed by atoms with Gasteiger partial charge in [0, 0.05) is 18.8 Å². The highest BCUT2D eigenvalue weighted by Crippen LogP contribution is 2.31. The summed E-state index contributed by atoms with van der Waals surface area (Å²) in [5.74, 6) is -1.04. The predicted molar refractivity (Wildman–Crippen MR) is 105 cm³/mol. The monoisotopic (exact) mass is 407 g/mol. The summed E-state index contributed by atoms with van der Waals surface area (Å²) >= 11 is 11.9. The van der Waals surface area contributed by atoms with E-state index in [9.17, 15) is 9.59 Å². The number of nitrogens with one attached hydrogen (secondary N) is 1. The quantitative estimate of drug-likeness (QED) is 0.734. The van der Waals surface area contributed by atoms with Crippen LogP contribution in [-0.4, -0.2) is 30.4 Å². The Morgan fingerprint density at radius 3 is 2.56 bits per heavy atom. The minimum absolute atomic E-state index is 0. The fraction of sp³-hybridized carbons (Fsp3) is 0.529. The molecule has 25 heavy (non-hydrogen) atoms. The van der Waals surface area contributed by atoms with Gasteiger partial charge in [0.25, 0.3) is 0 Å². The number of benzene rings is 1. The molecular formula is C17H24Cl3N3O2. The number of rotatable bonds is 5. The van der Waals surface area contributed by atoms with E-state index in [1.807, 2.05) is 20.8 Å². The largest absolute Gasteiger partial charge is 0.349 e. The van der Waals surface area contributed by atoms with E-state index in [0.717, 1.165) is 0 Å². The number of carbonyl (C=O) groups is 2. The van der Waals surface area contributed by atoms with Gasteiger partial charge in [0.2, 0.25) is 11.8 Å². The molecule has 8 heteroatoms. The topological polar surface area (TPSA) is 75.4 Å². The number of nitrogens with zero attached hydrogens (tertiary/aromatic N) is 1. The van der Waals surface area contributed by atoms with E-state index in [1.54, 1.807) is 23.1 Å². The fourth-order valence-corrected chi connectivity index (χ4v) is 2.92. The Balaban J connectivity index is 0.00000312. The maximum absolute atomic E-state index is 12.6. The molecule has 2 rings (SSSR count). The maximum Gasteiger partial charge on any atom is 0.239 e. The van der Waals surface area contributed by atoms with Gasteiger partial charge in [0.05, 0.1) is 15.6 Å². The van der Waals surface area contributed by atoms with Gasteiger partial charge in [0.15, 0.2) is 0 Å². The van der Waals surface area contributed by atoms with Crippen LogP contribution in [0.25, 0.3) is 0 Å². The Hall–Kier alpha value is -1.01. The second-order valence-corrected chi connectivity index (χ2v) is 7.51. The third-order valence-corrected chi connectivity index (χ3v) is 5.58. The first-order valence-corrected chi connectivity index (χ1v) is 8.73. The van der Waals surface area contributed by atoms with E-state index >= 15 is 0 Å². The van der Waals surface area contributed by atoms with Crippen molar-refractivity contribution in [1.29, 1.82) is 0 Å². The number of nitrogens with two attached hydrogens (primary N) is 1. The van der Waals surface area contributed by atoms with Crippen LogP contribution >= 0.6 is 35.6 Å². The van der Waals surface area contributed by atoms with Crippen molar-refractivity contribution in [3.63, 3.8) is 0 Å². The van der Waals surface area contributed by atoms with Crippen molar-refractivity contribution >= 4 is 53.1 Å². The minimum Gasteiger partial charge on any atom is -0.349 e. The minimum atomic E-state index is -0.705. The normalized spacial score (nSPS) is 19.6. The first-order chi connectivity index (χ1) is 11.2. The molecule has 2 unspecified atom stereocenters. The highest BCUT2D eigenvalue weighted by molar-refractivity contribution is 6.42. The highest BCUT2D eigenvalue weighted by atomic mass is 35.5. The molecule has 1 aromatic rings. The lowest BCUT2D eigenvalue weighted by molar-refractivity contribution is -0.133. The summed E-state index contributed by atoms with van der Waals surface area (Å²) < 4.78 is 0. The SMILES string of the molecule is CC(C)C(C)(CN)NC(=O)C1CCN(c2ccc(Cl)c(Cl)c2)C1=O.Cl. The lowest BCUT2D eigenvalue weighted by Gasteiger charge is -2.34. The Morgan fingerprint density at radius 1 is 1.40 bits per heavy atom. The van der Waals surface area contributed by atoms with Crippen molar-refractivity contribution in [2.24, 2.45) is 17.6 Å². The average Bonchev–Trinajstić information content (AvgIpc) is 2.91. The number of hydrogen-bond acceptors (Lipinski definition) is 3. The van der Waals surface area contributed by atoms with Crippen LogP contribution in [0.3, 0.4) is 0 Å². The van der Waals surface area contributed by atoms with Crippen molar-refractivity contribution in [3.8, 4) is 0 Å². The van der Waals surface area contributed by atoms with Crippen LogP contribution in [0.15, 0.2) is 18.2 Å². The van der Waals surface area contributed by atoms with Gasteiger partial charge in [-0.2, -0.15) is 0 Å². The van der Waals surface area contributed by atoms with E-state index in [2.05, 4.69) is 5.32 Å². The fourth-order valence-electron chi connectivity index (χ4n) is 2.63. The summed E-state index contributed by atoms with van der Waals surface area (Å²) in [7, 11) is 0. The summed E-state index contributed by atoms with van der Waals surface area (Å²) in [5.41, 5.74) is 5.92. The second-order valence-electron chi connectivity index (χ2n) is 6.70. The van der Waals surface area contributed by atoms with Gasteiger partial charge in [-0.3, -0.25) is 9.59 Å². The summed E-state index contributed by atoms with van der Waals surface area (Å²) in [6.07, 6.45) is 0.462. The molecule has 1 aliphatic rings. The molecule has 1 fully saturated rings. The zero-order valence-corrected chi connectivity index (χ0v) is 16.8. The smallest absolute Gasteiger partial charge is 0.239 e. The van der Waals surface area contributed by atoms with Gasteiger partial charge in [0.1, 0.15) is 5.92 Å². The van der Waals surface area contributed by atoms with Crippen LogP contribution < -0.4 is 16.0 Å². The second kappa shape index (κ2) is 8.58. The number of halogens is 3. The lowest BCUT2D eigenvalue weighted by atomic mass is 9.87. The van der Waals surface area contributed by atoms with Gasteiger partial charge in [-0.1, -0.05) is 37.0 Å². The molecule has 0 aromatic heterocycles. The van der Waals surface area contributed by atoms with Crippen molar-refractivity contribution in [2.75, 3.05) is 18.0 Å². The molecule has 2 amide bonds. The summed E-state index contributed by atoms with van der Waals surface area (Å²) in [6.45, 7) is 6.66. The maximum atomic E-state index is 12.6.